The summed E-state index contributed by atoms with van der Waals surface area (Å²) in [7, 11) is 0. The molecule has 0 saturated heterocycles. The summed E-state index contributed by atoms with van der Waals surface area (Å²) in [6, 6.07) is 10.4. The maximum atomic E-state index is 13.3. The van der Waals surface area contributed by atoms with Gasteiger partial charge in [-0.1, -0.05) is 50.1 Å². The van der Waals surface area contributed by atoms with Gasteiger partial charge in [-0.2, -0.15) is 0 Å². The van der Waals surface area contributed by atoms with Crippen LogP contribution in [-0.2, 0) is 6.42 Å². The molecule has 29 heavy (non-hydrogen) atoms. The molecule has 1 aromatic carbocycles. The monoisotopic (exact) mass is 391 g/mol. The third kappa shape index (κ3) is 3.15. The minimum absolute atomic E-state index is 0.0133. The summed E-state index contributed by atoms with van der Waals surface area (Å²) in [5, 5.41) is 0. The Morgan fingerprint density at radius 1 is 1.21 bits per heavy atom. The second-order valence-electron chi connectivity index (χ2n) is 8.92. The van der Waals surface area contributed by atoms with E-state index in [-0.39, 0.29) is 11.6 Å². The topological polar surface area (TPSA) is 64.6 Å². The highest BCUT2D eigenvalue weighted by Gasteiger charge is 2.46. The van der Waals surface area contributed by atoms with Crippen molar-refractivity contribution in [1.82, 2.24) is 14.9 Å². The van der Waals surface area contributed by atoms with Crippen molar-refractivity contribution in [3.8, 4) is 0 Å². The molecule has 2 aromatic rings. The van der Waals surface area contributed by atoms with E-state index in [0.29, 0.717) is 19.0 Å². The van der Waals surface area contributed by atoms with Gasteiger partial charge < -0.3 is 4.98 Å². The fraction of sp³-hybridized carbons (Fsp3) is 0.522. The van der Waals surface area contributed by atoms with Crippen LogP contribution >= 0.6 is 0 Å². The second kappa shape index (κ2) is 7.01. The number of amides is 2. The molecule has 6 heteroatoms. The summed E-state index contributed by atoms with van der Waals surface area (Å²) in [4.78, 5) is 30.6. The summed E-state index contributed by atoms with van der Waals surface area (Å²) in [5.41, 5.74) is 1.84. The number of carbonyl (C=O) groups excluding carboxylic acids is 1. The van der Waals surface area contributed by atoms with Gasteiger partial charge in [0, 0.05) is 12.5 Å². The molecule has 2 amide bonds. The van der Waals surface area contributed by atoms with Crippen LogP contribution < -0.4 is 4.90 Å². The SMILES string of the molecule is CCCN1C(=O)N2CC(C)(Cc3ccccc3)N=C2c2[nH]c(C3CCCC3)nc21. The summed E-state index contributed by atoms with van der Waals surface area (Å²) in [6.45, 7) is 5.54. The van der Waals surface area contributed by atoms with Crippen molar-refractivity contribution < 1.29 is 4.79 Å². The van der Waals surface area contributed by atoms with Gasteiger partial charge in [0.2, 0.25) is 0 Å². The van der Waals surface area contributed by atoms with Crippen LogP contribution in [0.4, 0.5) is 10.6 Å². The van der Waals surface area contributed by atoms with Crippen LogP contribution in [0.25, 0.3) is 0 Å². The molecule has 0 radical (unpaired) electrons. The van der Waals surface area contributed by atoms with Crippen molar-refractivity contribution in [2.24, 2.45) is 4.99 Å². The van der Waals surface area contributed by atoms with E-state index in [1.54, 1.807) is 0 Å². The number of rotatable bonds is 5. The number of urea groups is 1. The summed E-state index contributed by atoms with van der Waals surface area (Å²) in [6.07, 6.45) is 6.59. The Balaban J connectivity index is 1.54. The molecule has 1 N–H and O–H groups in total. The number of amidine groups is 1. The van der Waals surface area contributed by atoms with Gasteiger partial charge in [0.15, 0.2) is 11.7 Å². The zero-order valence-electron chi connectivity index (χ0n) is 17.3. The molecule has 1 unspecified atom stereocenters. The van der Waals surface area contributed by atoms with Crippen molar-refractivity contribution in [3.05, 3.63) is 47.4 Å². The molecule has 0 bridgehead atoms. The smallest absolute Gasteiger partial charge is 0.331 e. The fourth-order valence-corrected chi connectivity index (χ4v) is 5.03. The molecule has 3 aliphatic rings. The predicted octanol–water partition coefficient (Wildman–Crippen LogP) is 4.48. The maximum absolute atomic E-state index is 13.3. The Morgan fingerprint density at radius 3 is 2.69 bits per heavy atom. The normalized spacial score (nSPS) is 24.1. The predicted molar refractivity (Wildman–Crippen MR) is 115 cm³/mol. The van der Waals surface area contributed by atoms with E-state index in [4.69, 9.17) is 9.98 Å². The molecule has 1 saturated carbocycles. The van der Waals surface area contributed by atoms with E-state index in [1.165, 1.54) is 31.2 Å². The number of fused-ring (bicyclic) bond motifs is 3. The van der Waals surface area contributed by atoms with Crippen LogP contribution in [0.5, 0.6) is 0 Å². The van der Waals surface area contributed by atoms with E-state index in [9.17, 15) is 4.79 Å². The molecule has 5 rings (SSSR count). The Labute approximate surface area is 172 Å². The quantitative estimate of drug-likeness (QED) is 0.817. The van der Waals surface area contributed by atoms with Crippen LogP contribution in [0.2, 0.25) is 0 Å². The van der Waals surface area contributed by atoms with Crippen LogP contribution in [0.3, 0.4) is 0 Å². The number of nitrogens with zero attached hydrogens (tertiary/aromatic N) is 4. The Morgan fingerprint density at radius 2 is 1.97 bits per heavy atom. The molecule has 1 aliphatic carbocycles. The number of hydrogen-bond acceptors (Lipinski definition) is 3. The first kappa shape index (κ1) is 18.4. The average Bonchev–Trinajstić information content (AvgIpc) is 3.44. The van der Waals surface area contributed by atoms with Crippen LogP contribution in [-0.4, -0.2) is 45.4 Å². The summed E-state index contributed by atoms with van der Waals surface area (Å²) < 4.78 is 0. The van der Waals surface area contributed by atoms with Gasteiger partial charge in [-0.25, -0.2) is 9.78 Å². The third-order valence-corrected chi connectivity index (χ3v) is 6.39. The number of benzene rings is 1. The number of nitrogens with one attached hydrogen (secondary N) is 1. The van der Waals surface area contributed by atoms with Crippen molar-refractivity contribution in [2.45, 2.75) is 63.8 Å². The van der Waals surface area contributed by atoms with Gasteiger partial charge in [0.05, 0.1) is 12.1 Å². The lowest BCUT2D eigenvalue weighted by Gasteiger charge is -2.32. The molecule has 1 aromatic heterocycles. The second-order valence-corrected chi connectivity index (χ2v) is 8.92. The number of anilines is 1. The van der Waals surface area contributed by atoms with E-state index in [1.807, 2.05) is 15.9 Å². The lowest BCUT2D eigenvalue weighted by molar-refractivity contribution is 0.223. The van der Waals surface area contributed by atoms with E-state index in [2.05, 4.69) is 43.1 Å². The van der Waals surface area contributed by atoms with Gasteiger partial charge in [-0.05, 0) is 38.2 Å². The zero-order valence-corrected chi connectivity index (χ0v) is 17.3. The number of H-pyrrole nitrogens is 1. The third-order valence-electron chi connectivity index (χ3n) is 6.39. The van der Waals surface area contributed by atoms with Gasteiger partial charge in [0.25, 0.3) is 0 Å². The minimum atomic E-state index is -0.329. The van der Waals surface area contributed by atoms with Crippen LogP contribution in [0.15, 0.2) is 35.3 Å². The van der Waals surface area contributed by atoms with Crippen LogP contribution in [0.1, 0.15) is 69.0 Å². The summed E-state index contributed by atoms with van der Waals surface area (Å²) in [5.74, 6) is 3.05. The molecular formula is C23H29N5O. The maximum Gasteiger partial charge on any atom is 0.331 e. The van der Waals surface area contributed by atoms with Crippen molar-refractivity contribution in [1.29, 1.82) is 0 Å². The number of hydrogen-bond donors (Lipinski definition) is 1. The zero-order chi connectivity index (χ0) is 20.0. The Bertz CT molecular complexity index is 943. The van der Waals surface area contributed by atoms with Gasteiger partial charge >= 0.3 is 6.03 Å². The minimum Gasteiger partial charge on any atom is -0.337 e. The standard InChI is InChI=1S/C23H29N5O/c1-3-13-27-20-18(24-19(25-20)17-11-7-8-12-17)21-26-23(2,15-28(21)22(27)29)14-16-9-5-4-6-10-16/h4-6,9-10,17H,3,7-8,11-15H2,1-2H3,(H,24,25). The van der Waals surface area contributed by atoms with Gasteiger partial charge in [-0.3, -0.25) is 14.8 Å². The van der Waals surface area contributed by atoms with E-state index < -0.39 is 0 Å². The van der Waals surface area contributed by atoms with E-state index in [0.717, 1.165) is 36.0 Å². The number of carbonyl (C=O) groups is 1. The Kier molecular flexibility index (Phi) is 4.45. The first-order chi connectivity index (χ1) is 14.1. The largest absolute Gasteiger partial charge is 0.337 e. The van der Waals surface area contributed by atoms with Gasteiger partial charge in [0.1, 0.15) is 11.5 Å². The molecule has 1 fully saturated rings. The molecule has 2 aliphatic heterocycles. The number of aromatic nitrogens is 2. The van der Waals surface area contributed by atoms with Crippen LogP contribution in [0, 0.1) is 0 Å². The Hall–Kier alpha value is -2.63. The van der Waals surface area contributed by atoms with Crippen molar-refractivity contribution in [3.63, 3.8) is 0 Å². The highest BCUT2D eigenvalue weighted by Crippen LogP contribution is 2.39. The lowest BCUT2D eigenvalue weighted by Crippen LogP contribution is -2.51. The molecular weight excluding hydrogens is 362 g/mol. The molecule has 6 nitrogen and oxygen atoms in total. The number of imidazole rings is 1. The molecule has 3 heterocycles. The first-order valence-electron chi connectivity index (χ1n) is 10.9. The number of aliphatic imine (C=N–C) groups is 1. The van der Waals surface area contributed by atoms with Gasteiger partial charge in [-0.15, -0.1) is 0 Å². The average molecular weight is 392 g/mol. The lowest BCUT2D eigenvalue weighted by atomic mass is 9.94. The fourth-order valence-electron chi connectivity index (χ4n) is 5.03. The molecule has 1 atom stereocenters. The van der Waals surface area contributed by atoms with Crippen molar-refractivity contribution >= 4 is 17.7 Å². The first-order valence-corrected chi connectivity index (χ1v) is 10.9. The molecule has 0 spiro atoms. The highest BCUT2D eigenvalue weighted by atomic mass is 16.2. The number of aromatic amines is 1. The van der Waals surface area contributed by atoms with Crippen molar-refractivity contribution in [2.75, 3.05) is 18.0 Å². The van der Waals surface area contributed by atoms with E-state index >= 15 is 0 Å². The molecule has 152 valence electrons. The summed E-state index contributed by atoms with van der Waals surface area (Å²) >= 11 is 0. The highest BCUT2D eigenvalue weighted by molar-refractivity contribution is 6.18.